The second-order valence-electron chi connectivity index (χ2n) is 3.82. The third-order valence-electron chi connectivity index (χ3n) is 2.12. The predicted octanol–water partition coefficient (Wildman–Crippen LogP) is 2.20. The zero-order valence-electron chi connectivity index (χ0n) is 9.93. The van der Waals surface area contributed by atoms with E-state index in [0.29, 0.717) is 0 Å². The Morgan fingerprint density at radius 1 is 1.47 bits per heavy atom. The number of hydrogen-bond donors (Lipinski definition) is 0. The largest absolute Gasteiger partial charge is 0.492 e. The molecule has 0 unspecified atom stereocenters. The molecular formula is C10H11ClFNO5S. The molecule has 0 bridgehead atoms. The third-order valence-corrected chi connectivity index (χ3v) is 3.44. The van der Waals surface area contributed by atoms with Gasteiger partial charge in [-0.25, -0.2) is 8.42 Å². The Morgan fingerprint density at radius 2 is 2.11 bits per heavy atom. The molecule has 0 atom stereocenters. The fourth-order valence-corrected chi connectivity index (χ4v) is 2.13. The minimum atomic E-state index is -3.09. The molecule has 0 saturated carbocycles. The van der Waals surface area contributed by atoms with Gasteiger partial charge in [-0.2, -0.15) is 4.39 Å². The summed E-state index contributed by atoms with van der Waals surface area (Å²) >= 11 is 5.70. The lowest BCUT2D eigenvalue weighted by Crippen LogP contribution is -2.08. The molecule has 6 nitrogen and oxygen atoms in total. The van der Waals surface area contributed by atoms with E-state index in [1.54, 1.807) is 0 Å². The quantitative estimate of drug-likeness (QED) is 0.456. The average Bonchev–Trinajstić information content (AvgIpc) is 2.26. The molecule has 0 fully saturated rings. The van der Waals surface area contributed by atoms with Crippen LogP contribution in [0.4, 0.5) is 10.1 Å². The van der Waals surface area contributed by atoms with E-state index in [1.807, 2.05) is 0 Å². The molecule has 0 aromatic heterocycles. The molecular weight excluding hydrogens is 301 g/mol. The lowest BCUT2D eigenvalue weighted by atomic mass is 10.3. The normalized spacial score (nSPS) is 11.3. The Kier molecular flexibility index (Phi) is 5.07. The maximum atomic E-state index is 13.3. The molecule has 0 spiro atoms. The lowest BCUT2D eigenvalue weighted by Gasteiger charge is -2.07. The smallest absolute Gasteiger partial charge is 0.306 e. The highest BCUT2D eigenvalue weighted by Gasteiger charge is 2.18. The number of halogens is 2. The summed E-state index contributed by atoms with van der Waals surface area (Å²) in [6, 6.07) is 1.66. The van der Waals surface area contributed by atoms with E-state index < -0.39 is 26.3 Å². The van der Waals surface area contributed by atoms with Gasteiger partial charge in [0.05, 0.1) is 22.3 Å². The van der Waals surface area contributed by atoms with E-state index in [0.717, 1.165) is 18.4 Å². The monoisotopic (exact) mass is 311 g/mol. The highest BCUT2D eigenvalue weighted by molar-refractivity contribution is 7.90. The van der Waals surface area contributed by atoms with Crippen LogP contribution in [0.5, 0.6) is 5.75 Å². The number of ether oxygens (including phenoxy) is 1. The summed E-state index contributed by atoms with van der Waals surface area (Å²) in [5, 5.41) is 10.4. The number of rotatable bonds is 6. The van der Waals surface area contributed by atoms with Gasteiger partial charge in [0.1, 0.15) is 15.6 Å². The summed E-state index contributed by atoms with van der Waals surface area (Å²) in [4.78, 5) is 9.56. The fraction of sp³-hybridized carbons (Fsp3) is 0.400. The standard InChI is InChI=1S/C10H11ClFNO5S/c1-19(16,17)4-2-3-18-10-6-8(12)9(13(14)15)5-7(10)11/h5-6H,2-4H2,1H3. The third kappa shape index (κ3) is 4.99. The van der Waals surface area contributed by atoms with Crippen molar-refractivity contribution in [2.45, 2.75) is 6.42 Å². The maximum Gasteiger partial charge on any atom is 0.306 e. The molecule has 0 saturated heterocycles. The highest BCUT2D eigenvalue weighted by atomic mass is 35.5. The second kappa shape index (κ2) is 6.16. The highest BCUT2D eigenvalue weighted by Crippen LogP contribution is 2.31. The zero-order chi connectivity index (χ0) is 14.6. The van der Waals surface area contributed by atoms with Gasteiger partial charge in [0.25, 0.3) is 0 Å². The number of nitro groups is 1. The Hall–Kier alpha value is -1.41. The summed E-state index contributed by atoms with van der Waals surface area (Å²) in [7, 11) is -3.09. The van der Waals surface area contributed by atoms with Crippen molar-refractivity contribution in [1.29, 1.82) is 0 Å². The van der Waals surface area contributed by atoms with Crippen molar-refractivity contribution in [1.82, 2.24) is 0 Å². The van der Waals surface area contributed by atoms with Gasteiger partial charge < -0.3 is 4.74 Å². The van der Waals surface area contributed by atoms with Crippen LogP contribution in [0.3, 0.4) is 0 Å². The first kappa shape index (κ1) is 15.6. The van der Waals surface area contributed by atoms with Crippen molar-refractivity contribution >= 4 is 27.1 Å². The van der Waals surface area contributed by atoms with Crippen LogP contribution in [-0.2, 0) is 9.84 Å². The van der Waals surface area contributed by atoms with Crippen LogP contribution < -0.4 is 4.74 Å². The topological polar surface area (TPSA) is 86.5 Å². The summed E-state index contributed by atoms with van der Waals surface area (Å²) in [6.07, 6.45) is 1.30. The first-order valence-electron chi connectivity index (χ1n) is 5.14. The number of sulfone groups is 1. The minimum Gasteiger partial charge on any atom is -0.492 e. The minimum absolute atomic E-state index is 0.0179. The number of nitro benzene ring substituents is 1. The summed E-state index contributed by atoms with van der Waals surface area (Å²) in [6.45, 7) is 0.0179. The molecule has 0 amide bonds. The van der Waals surface area contributed by atoms with Crippen LogP contribution in [0.1, 0.15) is 6.42 Å². The Balaban J connectivity index is 2.70. The predicted molar refractivity (Wildman–Crippen MR) is 67.9 cm³/mol. The summed E-state index contributed by atoms with van der Waals surface area (Å²) < 4.78 is 40.1. The molecule has 1 aromatic carbocycles. The number of hydrogen-bond acceptors (Lipinski definition) is 5. The molecule has 0 radical (unpaired) electrons. The fourth-order valence-electron chi connectivity index (χ4n) is 1.27. The van der Waals surface area contributed by atoms with Crippen molar-refractivity contribution in [2.75, 3.05) is 18.6 Å². The lowest BCUT2D eigenvalue weighted by molar-refractivity contribution is -0.387. The van der Waals surface area contributed by atoms with E-state index in [2.05, 4.69) is 0 Å². The Morgan fingerprint density at radius 3 is 2.63 bits per heavy atom. The van der Waals surface area contributed by atoms with E-state index >= 15 is 0 Å². The van der Waals surface area contributed by atoms with Gasteiger partial charge >= 0.3 is 5.69 Å². The molecule has 1 rings (SSSR count). The van der Waals surface area contributed by atoms with Gasteiger partial charge in [0.2, 0.25) is 5.82 Å². The molecule has 9 heteroatoms. The van der Waals surface area contributed by atoms with Gasteiger partial charge in [-0.15, -0.1) is 0 Å². The van der Waals surface area contributed by atoms with Crippen molar-refractivity contribution in [2.24, 2.45) is 0 Å². The van der Waals surface area contributed by atoms with E-state index in [9.17, 15) is 22.9 Å². The van der Waals surface area contributed by atoms with Crippen LogP contribution in [0.15, 0.2) is 12.1 Å². The zero-order valence-corrected chi connectivity index (χ0v) is 11.5. The van der Waals surface area contributed by atoms with E-state index in [1.165, 1.54) is 0 Å². The van der Waals surface area contributed by atoms with Crippen molar-refractivity contribution in [3.63, 3.8) is 0 Å². The second-order valence-corrected chi connectivity index (χ2v) is 6.49. The Bertz CT molecular complexity index is 590. The molecule has 0 N–H and O–H groups in total. The van der Waals surface area contributed by atoms with Gasteiger partial charge in [-0.1, -0.05) is 11.6 Å². The van der Waals surface area contributed by atoms with E-state index in [-0.39, 0.29) is 29.6 Å². The van der Waals surface area contributed by atoms with Gasteiger partial charge in [0, 0.05) is 18.4 Å². The molecule has 0 heterocycles. The van der Waals surface area contributed by atoms with Crippen LogP contribution >= 0.6 is 11.6 Å². The summed E-state index contributed by atoms with van der Waals surface area (Å²) in [5.41, 5.74) is -0.742. The van der Waals surface area contributed by atoms with Gasteiger partial charge in [0.15, 0.2) is 0 Å². The molecule has 106 valence electrons. The van der Waals surface area contributed by atoms with E-state index in [4.69, 9.17) is 16.3 Å². The maximum absolute atomic E-state index is 13.3. The molecule has 1 aromatic rings. The SMILES string of the molecule is CS(=O)(=O)CCCOc1cc(F)c([N+](=O)[O-])cc1Cl. The van der Waals surface area contributed by atoms with Crippen molar-refractivity contribution < 1.29 is 22.5 Å². The number of benzene rings is 1. The van der Waals surface area contributed by atoms with Gasteiger partial charge in [-0.05, 0) is 6.42 Å². The molecule has 0 aliphatic carbocycles. The van der Waals surface area contributed by atoms with Crippen molar-refractivity contribution in [3.05, 3.63) is 33.1 Å². The Labute approximate surface area is 114 Å². The molecule has 19 heavy (non-hydrogen) atoms. The van der Waals surface area contributed by atoms with Crippen molar-refractivity contribution in [3.8, 4) is 5.75 Å². The van der Waals surface area contributed by atoms with Crippen LogP contribution in [-0.4, -0.2) is 32.0 Å². The van der Waals surface area contributed by atoms with Crippen LogP contribution in [0, 0.1) is 15.9 Å². The first-order chi connectivity index (χ1) is 8.70. The first-order valence-corrected chi connectivity index (χ1v) is 7.58. The van der Waals surface area contributed by atoms with Crippen LogP contribution in [0.2, 0.25) is 5.02 Å². The number of nitrogens with zero attached hydrogens (tertiary/aromatic N) is 1. The molecule has 0 aliphatic heterocycles. The summed E-state index contributed by atoms with van der Waals surface area (Å²) in [5.74, 6) is -1.19. The molecule has 0 aliphatic rings. The van der Waals surface area contributed by atoms with Gasteiger partial charge in [-0.3, -0.25) is 10.1 Å². The van der Waals surface area contributed by atoms with Crippen LogP contribution in [0.25, 0.3) is 0 Å². The average molecular weight is 312 g/mol.